The molecule has 2 aromatic rings. The van der Waals surface area contributed by atoms with E-state index in [0.717, 1.165) is 20.8 Å². The van der Waals surface area contributed by atoms with Gasteiger partial charge in [-0.1, -0.05) is 43.3 Å². The van der Waals surface area contributed by atoms with E-state index >= 15 is 0 Å². The maximum Gasteiger partial charge on any atom is 0.338 e. The van der Waals surface area contributed by atoms with Gasteiger partial charge in [0, 0.05) is 27.7 Å². The largest absolute Gasteiger partial charge is 0.465 e. The first-order chi connectivity index (χ1) is 23.5. The minimum Gasteiger partial charge on any atom is -0.465 e. The van der Waals surface area contributed by atoms with Gasteiger partial charge in [-0.15, -0.1) is 0 Å². The van der Waals surface area contributed by atoms with Crippen molar-refractivity contribution in [3.8, 4) is 0 Å². The Hall–Kier alpha value is -4.78. The quantitative estimate of drug-likeness (QED) is 0.273. The number of hydrogen-bond acceptors (Lipinski definition) is 13. The summed E-state index contributed by atoms with van der Waals surface area (Å²) < 4.78 is 43.3. The maximum atomic E-state index is 13.8. The Morgan fingerprint density at radius 1 is 0.660 bits per heavy atom. The molecule has 5 rings (SSSR count). The predicted molar refractivity (Wildman–Crippen MR) is 172 cm³/mol. The van der Waals surface area contributed by atoms with E-state index in [0.29, 0.717) is 0 Å². The third-order valence-electron chi connectivity index (χ3n) is 9.95. The van der Waals surface area contributed by atoms with Crippen LogP contribution < -0.4 is 0 Å². The second-order valence-electron chi connectivity index (χ2n) is 13.6. The van der Waals surface area contributed by atoms with E-state index in [1.807, 2.05) is 0 Å². The average molecular weight is 695 g/mol. The summed E-state index contributed by atoms with van der Waals surface area (Å²) >= 11 is 0. The summed E-state index contributed by atoms with van der Waals surface area (Å²) in [4.78, 5) is 79.1. The van der Waals surface area contributed by atoms with Crippen molar-refractivity contribution in [2.75, 3.05) is 6.61 Å². The minimum atomic E-state index is -2.00. The highest BCUT2D eigenvalue weighted by molar-refractivity contribution is 5.90. The number of hydrogen-bond donors (Lipinski definition) is 0. The zero-order valence-corrected chi connectivity index (χ0v) is 29.0. The number of esters is 6. The lowest BCUT2D eigenvalue weighted by molar-refractivity contribution is -0.329. The number of carbonyl (C=O) groups excluding carboxylic acids is 6. The molecule has 0 radical (unpaired) electrons. The fourth-order valence-electron chi connectivity index (χ4n) is 8.37. The third-order valence-corrected chi connectivity index (χ3v) is 9.95. The summed E-state index contributed by atoms with van der Waals surface area (Å²) in [5.74, 6) is -6.29. The van der Waals surface area contributed by atoms with Crippen LogP contribution in [0.1, 0.15) is 75.6 Å². The molecule has 2 aromatic carbocycles. The molecule has 0 N–H and O–H groups in total. The Morgan fingerprint density at radius 3 is 1.64 bits per heavy atom. The Morgan fingerprint density at radius 2 is 1.14 bits per heavy atom. The molecule has 13 nitrogen and oxygen atoms in total. The van der Waals surface area contributed by atoms with Gasteiger partial charge in [0.05, 0.1) is 22.6 Å². The molecule has 1 spiro atoms. The zero-order valence-electron chi connectivity index (χ0n) is 29.0. The molecule has 2 bridgehead atoms. The van der Waals surface area contributed by atoms with Crippen molar-refractivity contribution in [3.63, 3.8) is 0 Å². The Kier molecular flexibility index (Phi) is 10.1. The molecule has 268 valence electrons. The van der Waals surface area contributed by atoms with Crippen molar-refractivity contribution in [1.29, 1.82) is 0 Å². The van der Waals surface area contributed by atoms with Crippen molar-refractivity contribution in [1.82, 2.24) is 0 Å². The van der Waals surface area contributed by atoms with Crippen molar-refractivity contribution < 1.29 is 61.9 Å². The van der Waals surface area contributed by atoms with E-state index in [4.69, 9.17) is 33.2 Å². The lowest BCUT2D eigenvalue weighted by Crippen LogP contribution is -2.81. The highest BCUT2D eigenvalue weighted by atomic mass is 16.6. The molecule has 1 aliphatic heterocycles. The van der Waals surface area contributed by atoms with E-state index in [9.17, 15) is 28.8 Å². The van der Waals surface area contributed by atoms with E-state index < -0.39 is 101 Å². The van der Waals surface area contributed by atoms with Crippen LogP contribution in [-0.4, -0.2) is 84.1 Å². The zero-order chi connectivity index (χ0) is 36.6. The molecule has 3 aliphatic rings. The van der Waals surface area contributed by atoms with Gasteiger partial charge in [-0.25, -0.2) is 9.59 Å². The molecular formula is C37H42O13. The highest BCUT2D eigenvalue weighted by Crippen LogP contribution is 2.68. The molecule has 2 saturated carbocycles. The lowest BCUT2D eigenvalue weighted by atomic mass is 9.47. The van der Waals surface area contributed by atoms with Gasteiger partial charge in [-0.2, -0.15) is 0 Å². The smallest absolute Gasteiger partial charge is 0.338 e. The molecule has 9 unspecified atom stereocenters. The molecule has 13 heteroatoms. The van der Waals surface area contributed by atoms with E-state index in [1.165, 1.54) is 19.1 Å². The van der Waals surface area contributed by atoms with E-state index in [1.54, 1.807) is 69.3 Å². The monoisotopic (exact) mass is 694 g/mol. The molecule has 0 amide bonds. The summed E-state index contributed by atoms with van der Waals surface area (Å²) in [6.07, 6.45) is -7.02. The summed E-state index contributed by atoms with van der Waals surface area (Å²) in [6.45, 7) is 9.21. The van der Waals surface area contributed by atoms with Crippen molar-refractivity contribution in [2.24, 2.45) is 17.3 Å². The molecule has 2 aliphatic carbocycles. The van der Waals surface area contributed by atoms with Crippen LogP contribution in [0.5, 0.6) is 0 Å². The maximum absolute atomic E-state index is 13.8. The minimum absolute atomic E-state index is 0.0141. The fourth-order valence-corrected chi connectivity index (χ4v) is 8.37. The molecule has 1 saturated heterocycles. The van der Waals surface area contributed by atoms with Crippen LogP contribution in [0, 0.1) is 17.3 Å². The van der Waals surface area contributed by atoms with Crippen LogP contribution in [0.2, 0.25) is 0 Å². The molecule has 9 atom stereocenters. The van der Waals surface area contributed by atoms with Gasteiger partial charge < -0.3 is 33.2 Å². The first-order valence-electron chi connectivity index (χ1n) is 16.4. The SMILES string of the molecule is CC(=O)OCC12C(OC(C)=O)C(OC(=O)c3ccccc3)CC(C)C13OC(C)(C)C(C(OC(=O)c1ccccc1)C2OC(C)=O)C3OC(C)=O. The van der Waals surface area contributed by atoms with Gasteiger partial charge in [-0.3, -0.25) is 19.2 Å². The standard InChI is InChI=1S/C37H42O13/c1-20-18-27(48-33(42)25-14-10-8-11-15-25)30(45-22(3)39)36(19-44-21(2)38)32(47-24(5)41)29(49-34(43)26-16-12-9-13-17-26)28-31(46-23(4)40)37(20,36)50-35(28,6)7/h8-17,20,27-32H,18-19H2,1-7H3. The van der Waals surface area contributed by atoms with Crippen LogP contribution in [0.3, 0.4) is 0 Å². The Labute approximate surface area is 289 Å². The summed E-state index contributed by atoms with van der Waals surface area (Å²) in [6, 6.07) is 16.2. The van der Waals surface area contributed by atoms with Crippen molar-refractivity contribution >= 4 is 35.8 Å². The first kappa shape index (κ1) is 36.5. The van der Waals surface area contributed by atoms with Crippen molar-refractivity contribution in [3.05, 3.63) is 71.8 Å². The van der Waals surface area contributed by atoms with Crippen LogP contribution in [0.25, 0.3) is 0 Å². The molecular weight excluding hydrogens is 652 g/mol. The molecule has 3 fully saturated rings. The summed E-state index contributed by atoms with van der Waals surface area (Å²) in [5, 5.41) is 0. The molecule has 1 heterocycles. The summed E-state index contributed by atoms with van der Waals surface area (Å²) in [5.41, 5.74) is -4.61. The van der Waals surface area contributed by atoms with Gasteiger partial charge in [0.15, 0.2) is 12.2 Å². The Balaban J connectivity index is 1.81. The van der Waals surface area contributed by atoms with Crippen molar-refractivity contribution in [2.45, 2.75) is 96.6 Å². The summed E-state index contributed by atoms with van der Waals surface area (Å²) in [7, 11) is 0. The lowest BCUT2D eigenvalue weighted by Gasteiger charge is -2.64. The van der Waals surface area contributed by atoms with Gasteiger partial charge in [0.25, 0.3) is 0 Å². The third kappa shape index (κ3) is 6.34. The fraction of sp³-hybridized carbons (Fsp3) is 0.514. The average Bonchev–Trinajstić information content (AvgIpc) is 3.24. The molecule has 50 heavy (non-hydrogen) atoms. The van der Waals surface area contributed by atoms with Gasteiger partial charge >= 0.3 is 35.8 Å². The van der Waals surface area contributed by atoms with Crippen LogP contribution in [0.15, 0.2) is 60.7 Å². The van der Waals surface area contributed by atoms with Gasteiger partial charge in [0.2, 0.25) is 0 Å². The van der Waals surface area contributed by atoms with Crippen LogP contribution in [0.4, 0.5) is 0 Å². The number of rotatable bonds is 9. The van der Waals surface area contributed by atoms with Crippen LogP contribution in [-0.2, 0) is 52.3 Å². The van der Waals surface area contributed by atoms with Gasteiger partial charge in [0.1, 0.15) is 35.9 Å². The van der Waals surface area contributed by atoms with Crippen LogP contribution >= 0.6 is 0 Å². The number of carbonyl (C=O) groups is 6. The van der Waals surface area contributed by atoms with E-state index in [-0.39, 0.29) is 17.5 Å². The van der Waals surface area contributed by atoms with E-state index in [2.05, 4.69) is 0 Å². The number of benzene rings is 2. The predicted octanol–water partition coefficient (Wildman–Crippen LogP) is 4.00. The molecule has 0 aromatic heterocycles. The number of ether oxygens (including phenoxy) is 7. The normalized spacial score (nSPS) is 32.0. The van der Waals surface area contributed by atoms with Gasteiger partial charge in [-0.05, 0) is 50.5 Å². The second-order valence-corrected chi connectivity index (χ2v) is 13.6. The Bertz CT molecular complexity index is 1640. The highest BCUT2D eigenvalue weighted by Gasteiger charge is 2.85. The number of fused-ring (bicyclic) bond motifs is 1. The topological polar surface area (TPSA) is 167 Å². The second kappa shape index (κ2) is 13.9. The first-order valence-corrected chi connectivity index (χ1v) is 16.4.